The van der Waals surface area contributed by atoms with Crippen molar-refractivity contribution in [1.29, 1.82) is 0 Å². The zero-order chi connectivity index (χ0) is 15.7. The normalized spacial score (nSPS) is 21.3. The minimum Gasteiger partial charge on any atom is -0.0729 e. The number of aryl methyl sites for hydroxylation is 2. The smallest absolute Gasteiger partial charge is 0.00870 e. The molecule has 112 valence electrons. The zero-order valence-corrected chi connectivity index (χ0v) is 13.9. The molecule has 1 aliphatic carbocycles. The second kappa shape index (κ2) is 5.96. The lowest BCUT2D eigenvalue weighted by Crippen LogP contribution is -2.12. The van der Waals surface area contributed by atoms with Crippen molar-refractivity contribution >= 4 is 5.57 Å². The van der Waals surface area contributed by atoms with E-state index in [9.17, 15) is 0 Å². The van der Waals surface area contributed by atoms with Gasteiger partial charge in [-0.3, -0.25) is 0 Å². The van der Waals surface area contributed by atoms with E-state index in [1.54, 1.807) is 0 Å². The quantitative estimate of drug-likeness (QED) is 0.629. The van der Waals surface area contributed by atoms with Gasteiger partial charge in [0, 0.05) is 5.92 Å². The second-order valence-corrected chi connectivity index (χ2v) is 6.49. The summed E-state index contributed by atoms with van der Waals surface area (Å²) in [5.74, 6) is 0.994. The van der Waals surface area contributed by atoms with Gasteiger partial charge in [-0.1, -0.05) is 67.6 Å². The maximum Gasteiger partial charge on any atom is 0.00870 e. The first kappa shape index (κ1) is 14.8. The minimum atomic E-state index is 0.481. The number of rotatable bonds is 2. The van der Waals surface area contributed by atoms with E-state index in [4.69, 9.17) is 0 Å². The summed E-state index contributed by atoms with van der Waals surface area (Å²) in [6.45, 7) is 8.99. The first-order valence-electron chi connectivity index (χ1n) is 8.10. The van der Waals surface area contributed by atoms with Crippen LogP contribution in [0.15, 0.2) is 66.3 Å². The van der Waals surface area contributed by atoms with E-state index in [0.717, 1.165) is 0 Å². The summed E-state index contributed by atoms with van der Waals surface area (Å²) in [5.41, 5.74) is 8.34. The lowest BCUT2D eigenvalue weighted by molar-refractivity contribution is 0.630. The molecule has 2 unspecified atom stereocenters. The summed E-state index contributed by atoms with van der Waals surface area (Å²) in [7, 11) is 0. The zero-order valence-electron chi connectivity index (χ0n) is 13.9. The van der Waals surface area contributed by atoms with Crippen molar-refractivity contribution in [1.82, 2.24) is 0 Å². The van der Waals surface area contributed by atoms with Crippen molar-refractivity contribution in [2.45, 2.75) is 33.6 Å². The highest BCUT2D eigenvalue weighted by molar-refractivity contribution is 5.81. The lowest BCUT2D eigenvalue weighted by Gasteiger charge is -2.28. The van der Waals surface area contributed by atoms with Crippen LogP contribution in [-0.4, -0.2) is 0 Å². The number of benzene rings is 2. The van der Waals surface area contributed by atoms with Gasteiger partial charge in [0.1, 0.15) is 0 Å². The van der Waals surface area contributed by atoms with Gasteiger partial charge < -0.3 is 0 Å². The first-order valence-corrected chi connectivity index (χ1v) is 8.10. The largest absolute Gasteiger partial charge is 0.0729 e. The molecule has 0 bridgehead atoms. The van der Waals surface area contributed by atoms with Crippen LogP contribution in [0.1, 0.15) is 42.0 Å². The second-order valence-electron chi connectivity index (χ2n) is 6.49. The SMILES string of the molecule is CC1=CC(c2ccccc2C)C(C)C=C1c1ccccc1C. The third-order valence-electron chi connectivity index (χ3n) is 4.83. The molecule has 2 aromatic rings. The summed E-state index contributed by atoms with van der Waals surface area (Å²) in [5, 5.41) is 0. The molecule has 22 heavy (non-hydrogen) atoms. The maximum absolute atomic E-state index is 2.45. The number of hydrogen-bond acceptors (Lipinski definition) is 0. The molecule has 0 heterocycles. The van der Waals surface area contributed by atoms with Crippen LogP contribution in [0, 0.1) is 19.8 Å². The third kappa shape index (κ3) is 2.66. The Hall–Kier alpha value is -2.08. The summed E-state index contributed by atoms with van der Waals surface area (Å²) in [4.78, 5) is 0. The highest BCUT2D eigenvalue weighted by Crippen LogP contribution is 2.40. The summed E-state index contributed by atoms with van der Waals surface area (Å²) in [6.07, 6.45) is 4.91. The van der Waals surface area contributed by atoms with Gasteiger partial charge in [-0.05, 0) is 60.1 Å². The molecule has 0 nitrogen and oxygen atoms in total. The molecular formula is C22H24. The predicted octanol–water partition coefficient (Wildman–Crippen LogP) is 6.07. The van der Waals surface area contributed by atoms with E-state index in [-0.39, 0.29) is 0 Å². The highest BCUT2D eigenvalue weighted by Gasteiger charge is 2.23. The van der Waals surface area contributed by atoms with Crippen molar-refractivity contribution in [3.05, 3.63) is 88.5 Å². The van der Waals surface area contributed by atoms with Crippen LogP contribution in [0.5, 0.6) is 0 Å². The van der Waals surface area contributed by atoms with Crippen molar-refractivity contribution in [3.8, 4) is 0 Å². The Morgan fingerprint density at radius 3 is 2.05 bits per heavy atom. The Balaban J connectivity index is 2.01. The predicted molar refractivity (Wildman–Crippen MR) is 96.0 cm³/mol. The van der Waals surface area contributed by atoms with Gasteiger partial charge in [-0.15, -0.1) is 0 Å². The molecule has 0 aromatic heterocycles. The number of hydrogen-bond donors (Lipinski definition) is 0. The molecule has 0 amide bonds. The summed E-state index contributed by atoms with van der Waals surface area (Å²) < 4.78 is 0. The molecule has 3 rings (SSSR count). The van der Waals surface area contributed by atoms with Crippen molar-refractivity contribution in [2.24, 2.45) is 5.92 Å². The van der Waals surface area contributed by atoms with Gasteiger partial charge in [0.2, 0.25) is 0 Å². The molecule has 0 spiro atoms. The monoisotopic (exact) mass is 288 g/mol. The Morgan fingerprint density at radius 2 is 1.36 bits per heavy atom. The Morgan fingerprint density at radius 1 is 0.727 bits per heavy atom. The van der Waals surface area contributed by atoms with Gasteiger partial charge in [-0.2, -0.15) is 0 Å². The van der Waals surface area contributed by atoms with Gasteiger partial charge in [0.05, 0.1) is 0 Å². The van der Waals surface area contributed by atoms with E-state index in [1.807, 2.05) is 0 Å². The van der Waals surface area contributed by atoms with Crippen molar-refractivity contribution in [3.63, 3.8) is 0 Å². The molecular weight excluding hydrogens is 264 g/mol. The molecule has 2 atom stereocenters. The van der Waals surface area contributed by atoms with Crippen LogP contribution >= 0.6 is 0 Å². The molecule has 0 aliphatic heterocycles. The molecule has 0 N–H and O–H groups in total. The lowest BCUT2D eigenvalue weighted by atomic mass is 9.76. The van der Waals surface area contributed by atoms with E-state index < -0.39 is 0 Å². The minimum absolute atomic E-state index is 0.481. The summed E-state index contributed by atoms with van der Waals surface area (Å²) in [6, 6.07) is 17.4. The van der Waals surface area contributed by atoms with Crippen LogP contribution in [0.3, 0.4) is 0 Å². The van der Waals surface area contributed by atoms with Crippen LogP contribution in [0.4, 0.5) is 0 Å². The Bertz CT molecular complexity index is 746. The highest BCUT2D eigenvalue weighted by atomic mass is 14.3. The average Bonchev–Trinajstić information content (AvgIpc) is 2.51. The van der Waals surface area contributed by atoms with Crippen molar-refractivity contribution < 1.29 is 0 Å². The molecule has 0 radical (unpaired) electrons. The molecule has 0 saturated heterocycles. The maximum atomic E-state index is 2.45. The average molecular weight is 288 g/mol. The molecule has 0 fully saturated rings. The Kier molecular flexibility index (Phi) is 4.02. The Labute approximate surface area is 134 Å². The van der Waals surface area contributed by atoms with Crippen LogP contribution in [0.2, 0.25) is 0 Å². The summed E-state index contributed by atoms with van der Waals surface area (Å²) >= 11 is 0. The third-order valence-corrected chi connectivity index (χ3v) is 4.83. The molecule has 0 saturated carbocycles. The molecule has 0 heteroatoms. The van der Waals surface area contributed by atoms with Gasteiger partial charge in [-0.25, -0.2) is 0 Å². The van der Waals surface area contributed by atoms with Crippen LogP contribution < -0.4 is 0 Å². The first-order chi connectivity index (χ1) is 10.6. The van der Waals surface area contributed by atoms with Crippen LogP contribution in [-0.2, 0) is 0 Å². The van der Waals surface area contributed by atoms with E-state index in [1.165, 1.54) is 33.4 Å². The van der Waals surface area contributed by atoms with Crippen molar-refractivity contribution in [2.75, 3.05) is 0 Å². The fraction of sp³-hybridized carbons (Fsp3) is 0.273. The van der Waals surface area contributed by atoms with Gasteiger partial charge in [0.15, 0.2) is 0 Å². The topological polar surface area (TPSA) is 0 Å². The van der Waals surface area contributed by atoms with Crippen LogP contribution in [0.25, 0.3) is 5.57 Å². The fourth-order valence-electron chi connectivity index (χ4n) is 3.52. The molecule has 2 aromatic carbocycles. The molecule has 1 aliphatic rings. The van der Waals surface area contributed by atoms with Gasteiger partial charge >= 0.3 is 0 Å². The van der Waals surface area contributed by atoms with Gasteiger partial charge in [0.25, 0.3) is 0 Å². The van der Waals surface area contributed by atoms with E-state index in [2.05, 4.69) is 88.4 Å². The van der Waals surface area contributed by atoms with E-state index in [0.29, 0.717) is 11.8 Å². The fourth-order valence-corrected chi connectivity index (χ4v) is 3.52. The number of allylic oxidation sites excluding steroid dienone is 4. The van der Waals surface area contributed by atoms with E-state index >= 15 is 0 Å². The standard InChI is InChI=1S/C22H24/c1-15-9-5-7-11-19(15)21-13-18(4)22(14-17(21)3)20-12-8-6-10-16(20)2/h5-14,17,21H,1-4H3.